The van der Waals surface area contributed by atoms with Gasteiger partial charge in [-0.3, -0.25) is 9.59 Å². The number of carbonyl (C=O) groups excluding carboxylic acids is 2. The largest absolute Gasteiger partial charge is 0.354 e. The Balaban J connectivity index is 2.13. The normalized spacial score (nSPS) is 21.7. The van der Waals surface area contributed by atoms with Crippen molar-refractivity contribution >= 4 is 11.6 Å². The van der Waals surface area contributed by atoms with Gasteiger partial charge in [0.05, 0.1) is 6.61 Å². The summed E-state index contributed by atoms with van der Waals surface area (Å²) in [4.78, 5) is 24.9. The fraction of sp³-hybridized carbons (Fsp3) is 0.333. The number of ether oxygens (including phenoxy) is 1. The molecule has 0 unspecified atom stereocenters. The van der Waals surface area contributed by atoms with E-state index in [9.17, 15) is 9.59 Å². The molecule has 0 aromatic heterocycles. The highest BCUT2D eigenvalue weighted by molar-refractivity contribution is 6.32. The van der Waals surface area contributed by atoms with Crippen LogP contribution in [0.4, 0.5) is 0 Å². The molecule has 0 saturated heterocycles. The van der Waals surface area contributed by atoms with Gasteiger partial charge in [0.1, 0.15) is 0 Å². The van der Waals surface area contributed by atoms with Crippen LogP contribution in [0.5, 0.6) is 0 Å². The highest BCUT2D eigenvalue weighted by atomic mass is 16.5. The van der Waals surface area contributed by atoms with Crippen molar-refractivity contribution in [3.63, 3.8) is 0 Å². The molecule has 0 bridgehead atoms. The predicted molar refractivity (Wildman–Crippen MR) is 66.8 cm³/mol. The maximum atomic E-state index is 12.5. The van der Waals surface area contributed by atoms with Crippen LogP contribution < -0.4 is 0 Å². The van der Waals surface area contributed by atoms with Crippen LogP contribution in [0.25, 0.3) is 0 Å². The molecule has 0 saturated carbocycles. The third-order valence-electron chi connectivity index (χ3n) is 3.93. The maximum absolute atomic E-state index is 12.5. The van der Waals surface area contributed by atoms with Crippen LogP contribution in [-0.2, 0) is 4.74 Å². The lowest BCUT2D eigenvalue weighted by Crippen LogP contribution is -2.47. The van der Waals surface area contributed by atoms with Gasteiger partial charge in [-0.05, 0) is 19.4 Å². The number of fused-ring (bicyclic) bond motifs is 1. The second kappa shape index (κ2) is 3.62. The minimum Gasteiger partial charge on any atom is -0.354 e. The first kappa shape index (κ1) is 11.4. The first-order chi connectivity index (χ1) is 8.56. The van der Waals surface area contributed by atoms with E-state index in [-0.39, 0.29) is 11.6 Å². The molecule has 1 aliphatic carbocycles. The minimum atomic E-state index is -1.28. The maximum Gasteiger partial charge on any atom is 0.203 e. The molecular formula is C15H14O3. The summed E-state index contributed by atoms with van der Waals surface area (Å²) in [5.74, 6) is -0.370. The minimum absolute atomic E-state index is 0.185. The van der Waals surface area contributed by atoms with E-state index in [1.807, 2.05) is 13.8 Å². The van der Waals surface area contributed by atoms with Crippen LogP contribution in [0.2, 0.25) is 0 Å². The molecule has 18 heavy (non-hydrogen) atoms. The Morgan fingerprint density at radius 3 is 2.06 bits per heavy atom. The zero-order chi connectivity index (χ0) is 12.9. The number of hydrogen-bond acceptors (Lipinski definition) is 3. The molecule has 1 aromatic carbocycles. The number of benzene rings is 1. The van der Waals surface area contributed by atoms with Gasteiger partial charge in [0.2, 0.25) is 11.6 Å². The molecule has 0 atom stereocenters. The SMILES string of the molecule is CC1=C(C)CC2(OC1)C(=O)c1ccccc1C2=O. The van der Waals surface area contributed by atoms with Crippen LogP contribution in [-0.4, -0.2) is 23.8 Å². The lowest BCUT2D eigenvalue weighted by atomic mass is 9.86. The average Bonchev–Trinajstić information content (AvgIpc) is 2.58. The molecule has 0 radical (unpaired) electrons. The lowest BCUT2D eigenvalue weighted by molar-refractivity contribution is -0.00823. The molecule has 3 rings (SSSR count). The van der Waals surface area contributed by atoms with E-state index in [0.29, 0.717) is 24.2 Å². The zero-order valence-electron chi connectivity index (χ0n) is 10.4. The van der Waals surface area contributed by atoms with Crippen molar-refractivity contribution in [3.05, 3.63) is 46.5 Å². The summed E-state index contributed by atoms with van der Waals surface area (Å²) in [6.07, 6.45) is 0.380. The molecule has 1 aliphatic heterocycles. The molecule has 92 valence electrons. The number of Topliss-reactive ketones (excluding diaryl/α,β-unsaturated/α-hetero) is 2. The fourth-order valence-corrected chi connectivity index (χ4v) is 2.64. The van der Waals surface area contributed by atoms with Gasteiger partial charge in [-0.15, -0.1) is 0 Å². The van der Waals surface area contributed by atoms with Crippen molar-refractivity contribution in [2.75, 3.05) is 6.61 Å². The van der Waals surface area contributed by atoms with Gasteiger partial charge in [0.15, 0.2) is 5.60 Å². The standard InChI is InChI=1S/C15H14O3/c1-9-7-15(18-8-10(9)2)13(16)11-5-3-4-6-12(11)14(15)17/h3-6H,7-8H2,1-2H3. The summed E-state index contributed by atoms with van der Waals surface area (Å²) in [5, 5.41) is 0. The first-order valence-corrected chi connectivity index (χ1v) is 6.04. The Morgan fingerprint density at radius 1 is 1.00 bits per heavy atom. The van der Waals surface area contributed by atoms with Gasteiger partial charge in [0, 0.05) is 17.5 Å². The monoisotopic (exact) mass is 242 g/mol. The van der Waals surface area contributed by atoms with Gasteiger partial charge < -0.3 is 4.74 Å². The van der Waals surface area contributed by atoms with E-state index >= 15 is 0 Å². The summed E-state index contributed by atoms with van der Waals surface area (Å²) >= 11 is 0. The molecule has 3 nitrogen and oxygen atoms in total. The van der Waals surface area contributed by atoms with E-state index in [2.05, 4.69) is 0 Å². The Morgan fingerprint density at radius 2 is 1.56 bits per heavy atom. The number of hydrogen-bond donors (Lipinski definition) is 0. The third kappa shape index (κ3) is 1.28. The van der Waals surface area contributed by atoms with E-state index in [0.717, 1.165) is 11.1 Å². The Labute approximate surface area is 105 Å². The predicted octanol–water partition coefficient (Wildman–Crippen LogP) is 2.56. The second-order valence-electron chi connectivity index (χ2n) is 5.06. The van der Waals surface area contributed by atoms with Crippen molar-refractivity contribution in [1.29, 1.82) is 0 Å². The van der Waals surface area contributed by atoms with Crippen LogP contribution in [0.3, 0.4) is 0 Å². The zero-order valence-corrected chi connectivity index (χ0v) is 10.4. The van der Waals surface area contributed by atoms with E-state index in [1.165, 1.54) is 0 Å². The van der Waals surface area contributed by atoms with Crippen LogP contribution in [0, 0.1) is 0 Å². The summed E-state index contributed by atoms with van der Waals surface area (Å²) in [5.41, 5.74) is 1.89. The van der Waals surface area contributed by atoms with Crippen molar-refractivity contribution in [2.24, 2.45) is 0 Å². The van der Waals surface area contributed by atoms with E-state index < -0.39 is 5.60 Å². The van der Waals surface area contributed by atoms with Crippen molar-refractivity contribution < 1.29 is 14.3 Å². The second-order valence-corrected chi connectivity index (χ2v) is 5.06. The summed E-state index contributed by atoms with van der Waals surface area (Å²) in [6, 6.07) is 6.96. The molecule has 2 aliphatic rings. The van der Waals surface area contributed by atoms with Crippen molar-refractivity contribution in [3.8, 4) is 0 Å². The summed E-state index contributed by atoms with van der Waals surface area (Å²) in [6.45, 7) is 4.29. The smallest absolute Gasteiger partial charge is 0.203 e. The molecule has 3 heteroatoms. The Hall–Kier alpha value is -1.74. The first-order valence-electron chi connectivity index (χ1n) is 6.04. The van der Waals surface area contributed by atoms with E-state index in [4.69, 9.17) is 4.74 Å². The topological polar surface area (TPSA) is 43.4 Å². The molecular weight excluding hydrogens is 228 g/mol. The van der Waals surface area contributed by atoms with Crippen LogP contribution in [0.1, 0.15) is 41.0 Å². The summed E-state index contributed by atoms with van der Waals surface area (Å²) < 4.78 is 5.66. The molecule has 0 amide bonds. The lowest BCUT2D eigenvalue weighted by Gasteiger charge is -2.31. The molecule has 1 aromatic rings. The third-order valence-corrected chi connectivity index (χ3v) is 3.93. The Bertz CT molecular complexity index is 561. The summed E-state index contributed by atoms with van der Waals surface area (Å²) in [7, 11) is 0. The van der Waals surface area contributed by atoms with Gasteiger partial charge in [-0.2, -0.15) is 0 Å². The molecule has 1 spiro atoms. The van der Waals surface area contributed by atoms with Gasteiger partial charge >= 0.3 is 0 Å². The van der Waals surface area contributed by atoms with Crippen LogP contribution >= 0.6 is 0 Å². The number of carbonyl (C=O) groups is 2. The highest BCUT2D eigenvalue weighted by Crippen LogP contribution is 2.40. The fourth-order valence-electron chi connectivity index (χ4n) is 2.64. The quantitative estimate of drug-likeness (QED) is 0.518. The number of rotatable bonds is 0. The van der Waals surface area contributed by atoms with E-state index in [1.54, 1.807) is 24.3 Å². The van der Waals surface area contributed by atoms with Crippen LogP contribution in [0.15, 0.2) is 35.4 Å². The molecule has 1 heterocycles. The Kier molecular flexibility index (Phi) is 2.29. The number of ketones is 2. The molecule has 0 fully saturated rings. The average molecular weight is 242 g/mol. The van der Waals surface area contributed by atoms with Gasteiger partial charge in [-0.1, -0.05) is 29.8 Å². The highest BCUT2D eigenvalue weighted by Gasteiger charge is 2.55. The molecule has 0 N–H and O–H groups in total. The van der Waals surface area contributed by atoms with Crippen molar-refractivity contribution in [2.45, 2.75) is 25.9 Å². The van der Waals surface area contributed by atoms with Gasteiger partial charge in [0.25, 0.3) is 0 Å². The van der Waals surface area contributed by atoms with Gasteiger partial charge in [-0.25, -0.2) is 0 Å². The van der Waals surface area contributed by atoms with Crippen molar-refractivity contribution in [1.82, 2.24) is 0 Å².